The number of ether oxygens (including phenoxy) is 1. The van der Waals surface area contributed by atoms with Crippen LogP contribution in [0.1, 0.15) is 10.4 Å². The van der Waals surface area contributed by atoms with Gasteiger partial charge in [-0.05, 0) is 48.5 Å². The Bertz CT molecular complexity index is 1080. The van der Waals surface area contributed by atoms with Crippen LogP contribution in [0.2, 0.25) is 0 Å². The fraction of sp³-hybridized carbons (Fsp3) is 0.200. The first kappa shape index (κ1) is 21.9. The fourth-order valence-corrected chi connectivity index (χ4v) is 3.89. The number of carbonyl (C=O) groups excluding carboxylic acids is 1. The highest BCUT2D eigenvalue weighted by Gasteiger charge is 2.23. The van der Waals surface area contributed by atoms with E-state index in [1.54, 1.807) is 19.2 Å². The van der Waals surface area contributed by atoms with Gasteiger partial charge in [-0.2, -0.15) is 0 Å². The lowest BCUT2D eigenvalue weighted by molar-refractivity contribution is 0.0971. The average Bonchev–Trinajstić information content (AvgIpc) is 2.85. The van der Waals surface area contributed by atoms with E-state index in [-0.39, 0.29) is 5.91 Å². The number of nitrogens with zero attached hydrogens (tertiary/aromatic N) is 3. The molecular formula is C25H25BrN4O2. The first-order valence-corrected chi connectivity index (χ1v) is 11.3. The molecule has 3 aromatic rings. The molecule has 0 aromatic heterocycles. The van der Waals surface area contributed by atoms with Crippen molar-refractivity contribution in [1.82, 2.24) is 10.2 Å². The third kappa shape index (κ3) is 5.29. The molecular weight excluding hydrogens is 468 g/mol. The fourth-order valence-electron chi connectivity index (χ4n) is 3.63. The maximum Gasteiger partial charge on any atom is 0.257 e. The predicted octanol–water partition coefficient (Wildman–Crippen LogP) is 4.70. The monoisotopic (exact) mass is 492 g/mol. The third-order valence-electron chi connectivity index (χ3n) is 5.33. The van der Waals surface area contributed by atoms with Gasteiger partial charge in [-0.3, -0.25) is 10.1 Å². The van der Waals surface area contributed by atoms with Crippen LogP contribution in [-0.2, 0) is 0 Å². The molecule has 1 amide bonds. The van der Waals surface area contributed by atoms with Crippen LogP contribution >= 0.6 is 15.9 Å². The van der Waals surface area contributed by atoms with Gasteiger partial charge in [-0.1, -0.05) is 46.3 Å². The zero-order valence-electron chi connectivity index (χ0n) is 17.9. The normalized spacial score (nSPS) is 14.2. The van der Waals surface area contributed by atoms with Crippen LogP contribution in [0.4, 0.5) is 11.4 Å². The number of anilines is 1. The molecule has 3 aromatic carbocycles. The molecule has 1 N–H and O–H groups in total. The third-order valence-corrected chi connectivity index (χ3v) is 5.86. The molecule has 0 spiro atoms. The minimum Gasteiger partial charge on any atom is -0.495 e. The molecule has 1 aliphatic rings. The number of benzene rings is 3. The van der Waals surface area contributed by atoms with Gasteiger partial charge in [-0.25, -0.2) is 4.99 Å². The van der Waals surface area contributed by atoms with Crippen LogP contribution in [0.3, 0.4) is 0 Å². The van der Waals surface area contributed by atoms with Gasteiger partial charge in [0.2, 0.25) is 5.96 Å². The van der Waals surface area contributed by atoms with E-state index in [4.69, 9.17) is 9.73 Å². The second-order valence-electron chi connectivity index (χ2n) is 7.38. The predicted molar refractivity (Wildman–Crippen MR) is 132 cm³/mol. The second-order valence-corrected chi connectivity index (χ2v) is 8.29. The number of piperazine rings is 1. The van der Waals surface area contributed by atoms with Crippen molar-refractivity contribution in [3.8, 4) is 5.75 Å². The number of hydrogen-bond donors (Lipinski definition) is 1. The van der Waals surface area contributed by atoms with Gasteiger partial charge in [0, 0.05) is 36.2 Å². The lowest BCUT2D eigenvalue weighted by atomic mass is 10.2. The van der Waals surface area contributed by atoms with E-state index in [1.165, 1.54) is 0 Å². The summed E-state index contributed by atoms with van der Waals surface area (Å²) in [5, 5.41) is 3.03. The first-order valence-electron chi connectivity index (χ1n) is 10.5. The summed E-state index contributed by atoms with van der Waals surface area (Å²) in [6, 6.07) is 25.0. The van der Waals surface area contributed by atoms with Gasteiger partial charge in [0.1, 0.15) is 5.75 Å². The Balaban J connectivity index is 1.52. The summed E-state index contributed by atoms with van der Waals surface area (Å²) >= 11 is 3.41. The summed E-state index contributed by atoms with van der Waals surface area (Å²) in [6.07, 6.45) is 0. The number of aliphatic imine (C=N–C) groups is 1. The molecule has 1 fully saturated rings. The summed E-state index contributed by atoms with van der Waals surface area (Å²) < 4.78 is 6.45. The van der Waals surface area contributed by atoms with Gasteiger partial charge in [0.15, 0.2) is 0 Å². The van der Waals surface area contributed by atoms with Gasteiger partial charge >= 0.3 is 0 Å². The van der Waals surface area contributed by atoms with Crippen molar-refractivity contribution < 1.29 is 9.53 Å². The highest BCUT2D eigenvalue weighted by Crippen LogP contribution is 2.28. The number of nitrogens with one attached hydrogen (secondary N) is 1. The zero-order chi connectivity index (χ0) is 22.3. The second kappa shape index (κ2) is 10.3. The SMILES string of the molecule is COc1ccccc1N1CCN(C(=Nc2ccccc2)NC(=O)c2ccc(Br)cc2)CC1. The highest BCUT2D eigenvalue weighted by molar-refractivity contribution is 9.10. The van der Waals surface area contributed by atoms with Crippen molar-refractivity contribution in [2.24, 2.45) is 4.99 Å². The van der Waals surface area contributed by atoms with Gasteiger partial charge in [0.25, 0.3) is 5.91 Å². The Morgan fingerprint density at radius 2 is 1.56 bits per heavy atom. The Labute approximate surface area is 196 Å². The molecule has 32 heavy (non-hydrogen) atoms. The Morgan fingerprint density at radius 1 is 0.906 bits per heavy atom. The van der Waals surface area contributed by atoms with E-state index in [1.807, 2.05) is 60.7 Å². The van der Waals surface area contributed by atoms with Crippen LogP contribution in [0.5, 0.6) is 5.75 Å². The topological polar surface area (TPSA) is 57.2 Å². The van der Waals surface area contributed by atoms with E-state index in [0.29, 0.717) is 11.5 Å². The van der Waals surface area contributed by atoms with Crippen LogP contribution in [0.25, 0.3) is 0 Å². The van der Waals surface area contributed by atoms with Crippen molar-refractivity contribution in [2.75, 3.05) is 38.2 Å². The van der Waals surface area contributed by atoms with Crippen LogP contribution in [0, 0.1) is 0 Å². The molecule has 0 bridgehead atoms. The number of halogens is 1. The largest absolute Gasteiger partial charge is 0.495 e. The van der Waals surface area contributed by atoms with Crippen molar-refractivity contribution >= 4 is 39.2 Å². The maximum atomic E-state index is 12.9. The van der Waals surface area contributed by atoms with Crippen molar-refractivity contribution in [3.05, 3.63) is 88.9 Å². The molecule has 0 radical (unpaired) electrons. The molecule has 7 heteroatoms. The Kier molecular flexibility index (Phi) is 7.07. The first-order chi connectivity index (χ1) is 15.6. The number of para-hydroxylation sites is 3. The standard InChI is InChI=1S/C25H25BrN4O2/c1-32-23-10-6-5-9-22(23)29-15-17-30(18-16-29)25(27-21-7-3-2-4-8-21)28-24(31)19-11-13-20(26)14-12-19/h2-14H,15-18H2,1H3,(H,27,28,31). The molecule has 1 aliphatic heterocycles. The van der Waals surface area contributed by atoms with Gasteiger partial charge in [-0.15, -0.1) is 0 Å². The van der Waals surface area contributed by atoms with E-state index >= 15 is 0 Å². The summed E-state index contributed by atoms with van der Waals surface area (Å²) in [7, 11) is 1.69. The molecule has 0 unspecified atom stereocenters. The van der Waals surface area contributed by atoms with Gasteiger partial charge in [0.05, 0.1) is 18.5 Å². The molecule has 6 nitrogen and oxygen atoms in total. The number of rotatable bonds is 4. The van der Waals surface area contributed by atoms with Crippen LogP contribution in [-0.4, -0.2) is 50.1 Å². The van der Waals surface area contributed by atoms with E-state index < -0.39 is 0 Å². The Morgan fingerprint density at radius 3 is 2.25 bits per heavy atom. The molecule has 0 saturated carbocycles. The maximum absolute atomic E-state index is 12.9. The zero-order valence-corrected chi connectivity index (χ0v) is 19.5. The minimum atomic E-state index is -0.181. The summed E-state index contributed by atoms with van der Waals surface area (Å²) in [5.41, 5.74) is 2.46. The van der Waals surface area contributed by atoms with Crippen molar-refractivity contribution in [1.29, 1.82) is 0 Å². The average molecular weight is 493 g/mol. The van der Waals surface area contributed by atoms with Crippen molar-refractivity contribution in [3.63, 3.8) is 0 Å². The van der Waals surface area contributed by atoms with E-state index in [9.17, 15) is 4.79 Å². The summed E-state index contributed by atoms with van der Waals surface area (Å²) in [5.74, 6) is 1.24. The smallest absolute Gasteiger partial charge is 0.257 e. The minimum absolute atomic E-state index is 0.181. The molecule has 4 rings (SSSR count). The molecule has 1 saturated heterocycles. The lowest BCUT2D eigenvalue weighted by Gasteiger charge is -2.38. The van der Waals surface area contributed by atoms with Crippen LogP contribution < -0.4 is 15.0 Å². The van der Waals surface area contributed by atoms with Crippen LogP contribution in [0.15, 0.2) is 88.3 Å². The summed E-state index contributed by atoms with van der Waals surface area (Å²) in [6.45, 7) is 3.04. The summed E-state index contributed by atoms with van der Waals surface area (Å²) in [4.78, 5) is 22.1. The number of carbonyl (C=O) groups is 1. The number of methoxy groups -OCH3 is 1. The molecule has 164 valence electrons. The molecule has 0 atom stereocenters. The number of hydrogen-bond acceptors (Lipinski definition) is 4. The number of amides is 1. The highest BCUT2D eigenvalue weighted by atomic mass is 79.9. The molecule has 1 heterocycles. The quantitative estimate of drug-likeness (QED) is 0.423. The number of guanidine groups is 1. The Hall–Kier alpha value is -3.32. The van der Waals surface area contributed by atoms with E-state index in [2.05, 4.69) is 37.1 Å². The van der Waals surface area contributed by atoms with Gasteiger partial charge < -0.3 is 14.5 Å². The van der Waals surface area contributed by atoms with E-state index in [0.717, 1.165) is 47.8 Å². The van der Waals surface area contributed by atoms with Crippen molar-refractivity contribution in [2.45, 2.75) is 0 Å². The lowest BCUT2D eigenvalue weighted by Crippen LogP contribution is -2.53. The molecule has 0 aliphatic carbocycles.